The van der Waals surface area contributed by atoms with Crippen molar-refractivity contribution < 1.29 is 24.2 Å². The molecule has 2 aliphatic heterocycles. The summed E-state index contributed by atoms with van der Waals surface area (Å²) in [6.45, 7) is 3.40. The van der Waals surface area contributed by atoms with Crippen LogP contribution in [0.1, 0.15) is 31.4 Å². The van der Waals surface area contributed by atoms with E-state index in [1.807, 2.05) is 37.3 Å². The summed E-state index contributed by atoms with van der Waals surface area (Å²) < 4.78 is 5.42. The molecule has 3 atom stereocenters. The van der Waals surface area contributed by atoms with E-state index >= 15 is 0 Å². The molecule has 0 aliphatic carbocycles. The first-order chi connectivity index (χ1) is 12.5. The van der Waals surface area contributed by atoms with Gasteiger partial charge in [-0.25, -0.2) is 0 Å². The van der Waals surface area contributed by atoms with Crippen molar-refractivity contribution in [3.05, 3.63) is 35.9 Å². The molecular weight excluding hydrogens is 336 g/mol. The molecule has 0 spiro atoms. The summed E-state index contributed by atoms with van der Waals surface area (Å²) in [6.07, 6.45) is -0.400. The topological polar surface area (TPSA) is 87.2 Å². The molecule has 0 saturated carbocycles. The summed E-state index contributed by atoms with van der Waals surface area (Å²) in [6, 6.07) is 9.68. The molecule has 2 aliphatic rings. The van der Waals surface area contributed by atoms with Gasteiger partial charge < -0.3 is 19.6 Å². The molecule has 0 radical (unpaired) electrons. The summed E-state index contributed by atoms with van der Waals surface area (Å²) in [5.41, 5.74) is 1.04. The predicted octanol–water partition coefficient (Wildman–Crippen LogP) is 1.30. The molecule has 2 fully saturated rings. The number of hydrogen-bond acceptors (Lipinski definition) is 4. The Morgan fingerprint density at radius 1 is 1.27 bits per heavy atom. The van der Waals surface area contributed by atoms with Gasteiger partial charge in [0, 0.05) is 26.1 Å². The number of carbonyl (C=O) groups excluding carboxylic acids is 2. The van der Waals surface area contributed by atoms with Crippen LogP contribution >= 0.6 is 0 Å². The minimum absolute atomic E-state index is 0.0185. The monoisotopic (exact) mass is 360 g/mol. The first kappa shape index (κ1) is 18.4. The maximum Gasteiger partial charge on any atom is 0.306 e. The van der Waals surface area contributed by atoms with Gasteiger partial charge in [-0.3, -0.25) is 14.4 Å². The number of amides is 2. The van der Waals surface area contributed by atoms with E-state index in [0.717, 1.165) is 5.56 Å². The summed E-state index contributed by atoms with van der Waals surface area (Å²) in [5, 5.41) is 8.91. The highest BCUT2D eigenvalue weighted by Crippen LogP contribution is 2.29. The average molecular weight is 360 g/mol. The number of nitrogens with zero attached hydrogens (tertiary/aromatic N) is 2. The molecule has 2 heterocycles. The lowest BCUT2D eigenvalue weighted by Gasteiger charge is -2.34. The second kappa shape index (κ2) is 7.86. The first-order valence-electron chi connectivity index (χ1n) is 8.92. The number of benzene rings is 1. The van der Waals surface area contributed by atoms with Crippen molar-refractivity contribution in [2.75, 3.05) is 26.2 Å². The van der Waals surface area contributed by atoms with Gasteiger partial charge in [-0.1, -0.05) is 30.3 Å². The lowest BCUT2D eigenvalue weighted by atomic mass is 10.1. The van der Waals surface area contributed by atoms with E-state index < -0.39 is 12.1 Å². The van der Waals surface area contributed by atoms with Crippen molar-refractivity contribution in [1.82, 2.24) is 9.80 Å². The molecule has 1 aromatic rings. The second-order valence-corrected chi connectivity index (χ2v) is 6.91. The largest absolute Gasteiger partial charge is 0.481 e. The highest BCUT2D eigenvalue weighted by atomic mass is 16.5. The van der Waals surface area contributed by atoms with E-state index in [1.54, 1.807) is 9.80 Å². The highest BCUT2D eigenvalue weighted by molar-refractivity contribution is 5.89. The van der Waals surface area contributed by atoms with E-state index in [4.69, 9.17) is 9.84 Å². The Balaban J connectivity index is 1.62. The molecule has 3 rings (SSSR count). The Kier molecular flexibility index (Phi) is 5.56. The minimum atomic E-state index is -0.941. The highest BCUT2D eigenvalue weighted by Gasteiger charge is 2.39. The van der Waals surface area contributed by atoms with E-state index in [0.29, 0.717) is 19.7 Å². The second-order valence-electron chi connectivity index (χ2n) is 6.91. The van der Waals surface area contributed by atoms with Crippen molar-refractivity contribution in [3.8, 4) is 0 Å². The van der Waals surface area contributed by atoms with Crippen molar-refractivity contribution in [1.29, 1.82) is 0 Å². The molecule has 2 saturated heterocycles. The lowest BCUT2D eigenvalue weighted by molar-refractivity contribution is -0.149. The Hall–Kier alpha value is -2.41. The number of carbonyl (C=O) groups is 3. The predicted molar refractivity (Wildman–Crippen MR) is 93.2 cm³/mol. The van der Waals surface area contributed by atoms with Crippen LogP contribution in [0.4, 0.5) is 0 Å². The van der Waals surface area contributed by atoms with Gasteiger partial charge in [0.15, 0.2) is 0 Å². The number of aliphatic carboxylic acids is 1. The Bertz CT molecular complexity index is 678. The molecule has 0 bridgehead atoms. The Morgan fingerprint density at radius 3 is 2.69 bits per heavy atom. The molecule has 7 nitrogen and oxygen atoms in total. The molecule has 2 amide bonds. The molecule has 0 unspecified atom stereocenters. The zero-order valence-corrected chi connectivity index (χ0v) is 14.8. The van der Waals surface area contributed by atoms with Gasteiger partial charge in [0.1, 0.15) is 0 Å². The zero-order valence-electron chi connectivity index (χ0n) is 14.8. The minimum Gasteiger partial charge on any atom is -0.481 e. The molecule has 26 heavy (non-hydrogen) atoms. The number of carboxylic acids is 1. The van der Waals surface area contributed by atoms with Crippen molar-refractivity contribution >= 4 is 17.8 Å². The van der Waals surface area contributed by atoms with E-state index in [1.165, 1.54) is 0 Å². The standard InChI is InChI=1S/C19H24N2O5/c1-13(14-5-3-2-4-6-14)21-11-15(9-17(21)22)19(25)20-7-8-26-16(12-20)10-18(23)24/h2-6,13,15-16H,7-12H2,1H3,(H,23,24)/t13-,15+,16-/m1/s1. The average Bonchev–Trinajstić information content (AvgIpc) is 3.02. The van der Waals surface area contributed by atoms with Gasteiger partial charge in [-0.15, -0.1) is 0 Å². The number of morpholine rings is 1. The fourth-order valence-corrected chi connectivity index (χ4v) is 3.68. The summed E-state index contributed by atoms with van der Waals surface area (Å²) in [4.78, 5) is 39.5. The summed E-state index contributed by atoms with van der Waals surface area (Å²) >= 11 is 0. The Labute approximate surface area is 152 Å². The van der Waals surface area contributed by atoms with E-state index in [2.05, 4.69) is 0 Å². The molecule has 0 aromatic heterocycles. The van der Waals surface area contributed by atoms with Crippen LogP contribution in [0.25, 0.3) is 0 Å². The van der Waals surface area contributed by atoms with Crippen molar-refractivity contribution in [3.63, 3.8) is 0 Å². The maximum atomic E-state index is 12.8. The van der Waals surface area contributed by atoms with Crippen LogP contribution in [0.2, 0.25) is 0 Å². The van der Waals surface area contributed by atoms with Gasteiger partial charge in [-0.2, -0.15) is 0 Å². The van der Waals surface area contributed by atoms with Crippen LogP contribution in [0, 0.1) is 5.92 Å². The number of ether oxygens (including phenoxy) is 1. The molecule has 1 aromatic carbocycles. The van der Waals surface area contributed by atoms with Gasteiger partial charge >= 0.3 is 5.97 Å². The number of rotatable bonds is 5. The molecule has 140 valence electrons. The number of likely N-dealkylation sites (tertiary alicyclic amines) is 1. The molecule has 1 N–H and O–H groups in total. The Morgan fingerprint density at radius 2 is 2.00 bits per heavy atom. The van der Waals surface area contributed by atoms with Gasteiger partial charge in [-0.05, 0) is 12.5 Å². The van der Waals surface area contributed by atoms with Crippen LogP contribution in [0.5, 0.6) is 0 Å². The fraction of sp³-hybridized carbons (Fsp3) is 0.526. The van der Waals surface area contributed by atoms with Crippen LogP contribution in [-0.4, -0.2) is 65.0 Å². The quantitative estimate of drug-likeness (QED) is 0.855. The third-order valence-corrected chi connectivity index (χ3v) is 5.11. The maximum absolute atomic E-state index is 12.8. The van der Waals surface area contributed by atoms with Gasteiger partial charge in [0.25, 0.3) is 0 Å². The number of carboxylic acid groups (broad SMARTS) is 1. The third-order valence-electron chi connectivity index (χ3n) is 5.11. The van der Waals surface area contributed by atoms with Gasteiger partial charge in [0.2, 0.25) is 11.8 Å². The van der Waals surface area contributed by atoms with E-state index in [-0.39, 0.29) is 43.2 Å². The smallest absolute Gasteiger partial charge is 0.306 e. The molecule has 7 heteroatoms. The van der Waals surface area contributed by atoms with Crippen LogP contribution in [0.3, 0.4) is 0 Å². The van der Waals surface area contributed by atoms with E-state index in [9.17, 15) is 14.4 Å². The van der Waals surface area contributed by atoms with Gasteiger partial charge in [0.05, 0.1) is 31.1 Å². The molecular formula is C19H24N2O5. The van der Waals surface area contributed by atoms with Crippen LogP contribution in [0.15, 0.2) is 30.3 Å². The lowest BCUT2D eigenvalue weighted by Crippen LogP contribution is -2.48. The summed E-state index contributed by atoms with van der Waals surface area (Å²) in [5.74, 6) is -1.42. The van der Waals surface area contributed by atoms with Crippen molar-refractivity contribution in [2.45, 2.75) is 31.9 Å². The summed E-state index contributed by atoms with van der Waals surface area (Å²) in [7, 11) is 0. The van der Waals surface area contributed by atoms with Crippen LogP contribution in [-0.2, 0) is 19.1 Å². The zero-order chi connectivity index (χ0) is 18.7. The van der Waals surface area contributed by atoms with Crippen molar-refractivity contribution in [2.24, 2.45) is 5.92 Å². The first-order valence-corrected chi connectivity index (χ1v) is 8.92. The fourth-order valence-electron chi connectivity index (χ4n) is 3.68. The third kappa shape index (κ3) is 4.04. The SMILES string of the molecule is C[C@H](c1ccccc1)N1C[C@@H](C(=O)N2CCO[C@H](CC(=O)O)C2)CC1=O. The van der Waals surface area contributed by atoms with Crippen LogP contribution < -0.4 is 0 Å². The number of hydrogen-bond donors (Lipinski definition) is 1. The normalized spacial score (nSPS) is 24.6.